The number of fused-ring (bicyclic) bond motifs is 1. The van der Waals surface area contributed by atoms with E-state index in [1.165, 1.54) is 23.8 Å². The second-order valence-corrected chi connectivity index (χ2v) is 12.8. The van der Waals surface area contributed by atoms with Gasteiger partial charge in [-0.1, -0.05) is 24.3 Å². The van der Waals surface area contributed by atoms with Crippen LogP contribution in [0.15, 0.2) is 54.9 Å². The number of nitrogens with zero attached hydrogens (tertiary/aromatic N) is 7. The maximum absolute atomic E-state index is 14.5. The topological polar surface area (TPSA) is 103 Å². The van der Waals surface area contributed by atoms with Crippen LogP contribution in [-0.2, 0) is 26.3 Å². The van der Waals surface area contributed by atoms with Crippen LogP contribution >= 0.6 is 0 Å². The van der Waals surface area contributed by atoms with E-state index < -0.39 is 17.6 Å². The molecule has 2 fully saturated rings. The number of carbonyl (C=O) groups excluding carboxylic acids is 1. The van der Waals surface area contributed by atoms with Gasteiger partial charge in [-0.05, 0) is 84.7 Å². The number of amides is 1. The zero-order chi connectivity index (χ0) is 32.2. The number of anilines is 2. The molecular weight excluding hydrogens is 593 g/mol. The van der Waals surface area contributed by atoms with E-state index in [1.54, 1.807) is 36.0 Å². The molecule has 4 aromatic rings. The Kier molecular flexibility index (Phi) is 7.31. The first-order valence-corrected chi connectivity index (χ1v) is 15.4. The van der Waals surface area contributed by atoms with Gasteiger partial charge in [-0.15, -0.1) is 10.2 Å². The second kappa shape index (κ2) is 11.2. The summed E-state index contributed by atoms with van der Waals surface area (Å²) in [6, 6.07) is 16.1. The zero-order valence-corrected chi connectivity index (χ0v) is 25.6. The fraction of sp³-hybridized carbons (Fsp3) is 0.382. The van der Waals surface area contributed by atoms with Gasteiger partial charge in [-0.2, -0.15) is 18.4 Å². The van der Waals surface area contributed by atoms with Crippen LogP contribution in [0.25, 0.3) is 22.5 Å². The van der Waals surface area contributed by atoms with Crippen molar-refractivity contribution in [3.63, 3.8) is 0 Å². The van der Waals surface area contributed by atoms with Gasteiger partial charge in [-0.3, -0.25) is 14.6 Å². The molecule has 2 aromatic heterocycles. The summed E-state index contributed by atoms with van der Waals surface area (Å²) in [5, 5.41) is 20.8. The van der Waals surface area contributed by atoms with E-state index in [1.807, 2.05) is 31.3 Å². The summed E-state index contributed by atoms with van der Waals surface area (Å²) in [6.07, 6.45) is 0.402. The molecule has 9 nitrogen and oxygen atoms in total. The minimum Gasteiger partial charge on any atom is -0.369 e. The number of alkyl halides is 3. The highest BCUT2D eigenvalue weighted by Gasteiger charge is 2.47. The number of carbonyl (C=O) groups is 1. The molecule has 46 heavy (non-hydrogen) atoms. The number of likely N-dealkylation sites (tertiary alicyclic amines) is 1. The van der Waals surface area contributed by atoms with Crippen LogP contribution in [0, 0.1) is 22.7 Å². The Labute approximate surface area is 264 Å². The maximum Gasteiger partial charge on any atom is 0.416 e. The van der Waals surface area contributed by atoms with E-state index in [4.69, 9.17) is 0 Å². The Balaban J connectivity index is 1.28. The van der Waals surface area contributed by atoms with Crippen LogP contribution in [0.3, 0.4) is 0 Å². The first-order valence-electron chi connectivity index (χ1n) is 15.4. The lowest BCUT2D eigenvalue weighted by atomic mass is 9.98. The van der Waals surface area contributed by atoms with E-state index in [-0.39, 0.29) is 29.4 Å². The summed E-state index contributed by atoms with van der Waals surface area (Å²) in [5.41, 5.74) is 2.32. The van der Waals surface area contributed by atoms with Crippen molar-refractivity contribution >= 4 is 17.5 Å². The molecule has 0 radical (unpaired) electrons. The van der Waals surface area contributed by atoms with Crippen molar-refractivity contribution in [3.05, 3.63) is 77.1 Å². The molecule has 1 N–H and O–H groups in total. The highest BCUT2D eigenvalue weighted by atomic mass is 19.4. The lowest BCUT2D eigenvalue weighted by Gasteiger charge is -2.19. The number of nitrogens with one attached hydrogen (secondary N) is 1. The summed E-state index contributed by atoms with van der Waals surface area (Å²) in [6.45, 7) is 3.92. The standard InChI is InChI=1S/C34H33F3N8O/c1-21(15-38)16-39-29-13-23(24-5-3-4-6-25(24)31-42-40-20-43(31)2)14-30(41-29)45-18-27-26(32(45)46)11-22(12-28(27)34(35,36)37)17-44-10-9-33(19-44)7-8-33/h3-6,11-14,20-21H,7-10,16-19H2,1-2H3,(H,39,41)/t21-/m0/s1. The third-order valence-electron chi connectivity index (χ3n) is 9.38. The van der Waals surface area contributed by atoms with E-state index in [0.717, 1.165) is 30.6 Å². The highest BCUT2D eigenvalue weighted by Crippen LogP contribution is 2.53. The van der Waals surface area contributed by atoms with Crippen LogP contribution in [-0.4, -0.2) is 50.2 Å². The molecule has 0 bridgehead atoms. The zero-order valence-electron chi connectivity index (χ0n) is 25.6. The number of pyridine rings is 1. The van der Waals surface area contributed by atoms with Crippen molar-refractivity contribution in [2.24, 2.45) is 18.4 Å². The van der Waals surface area contributed by atoms with Crippen LogP contribution in [0.1, 0.15) is 53.2 Å². The minimum absolute atomic E-state index is 0.0411. The third kappa shape index (κ3) is 5.60. The van der Waals surface area contributed by atoms with Crippen molar-refractivity contribution in [2.75, 3.05) is 29.9 Å². The molecule has 2 aromatic carbocycles. The fourth-order valence-corrected chi connectivity index (χ4v) is 6.66. The molecular formula is C34H33F3N8O. The number of aryl methyl sites for hydroxylation is 1. The lowest BCUT2D eigenvalue weighted by molar-refractivity contribution is -0.138. The summed E-state index contributed by atoms with van der Waals surface area (Å²) in [4.78, 5) is 22.2. The van der Waals surface area contributed by atoms with Gasteiger partial charge in [0, 0.05) is 37.8 Å². The normalized spacial score (nSPS) is 17.7. The van der Waals surface area contributed by atoms with Crippen molar-refractivity contribution in [2.45, 2.75) is 45.5 Å². The first-order chi connectivity index (χ1) is 22.0. The smallest absolute Gasteiger partial charge is 0.369 e. The van der Waals surface area contributed by atoms with Gasteiger partial charge in [-0.25, -0.2) is 4.98 Å². The van der Waals surface area contributed by atoms with Crippen LogP contribution in [0.2, 0.25) is 0 Å². The summed E-state index contributed by atoms with van der Waals surface area (Å²) >= 11 is 0. The summed E-state index contributed by atoms with van der Waals surface area (Å²) in [7, 11) is 1.83. The van der Waals surface area contributed by atoms with Crippen LogP contribution in [0.4, 0.5) is 24.8 Å². The second-order valence-electron chi connectivity index (χ2n) is 12.8. The van der Waals surface area contributed by atoms with Crippen LogP contribution < -0.4 is 10.2 Å². The van der Waals surface area contributed by atoms with Gasteiger partial charge in [0.15, 0.2) is 5.82 Å². The Morgan fingerprint density at radius 3 is 2.54 bits per heavy atom. The molecule has 7 rings (SSSR count). The van der Waals surface area contributed by atoms with E-state index in [2.05, 4.69) is 31.5 Å². The Morgan fingerprint density at radius 1 is 1.09 bits per heavy atom. The monoisotopic (exact) mass is 626 g/mol. The van der Waals surface area contributed by atoms with Crippen molar-refractivity contribution in [1.29, 1.82) is 5.26 Å². The number of aromatic nitrogens is 4. The lowest BCUT2D eigenvalue weighted by Crippen LogP contribution is -2.25. The number of hydrogen-bond donors (Lipinski definition) is 1. The largest absolute Gasteiger partial charge is 0.416 e. The number of nitriles is 1. The van der Waals surface area contributed by atoms with E-state index in [0.29, 0.717) is 41.3 Å². The maximum atomic E-state index is 14.5. The van der Waals surface area contributed by atoms with Gasteiger partial charge in [0.1, 0.15) is 18.0 Å². The number of hydrogen-bond acceptors (Lipinski definition) is 7. The minimum atomic E-state index is -4.62. The van der Waals surface area contributed by atoms with E-state index >= 15 is 0 Å². The Hall–Kier alpha value is -4.76. The molecule has 1 saturated heterocycles. The van der Waals surface area contributed by atoms with Crippen molar-refractivity contribution in [3.8, 4) is 28.6 Å². The molecule has 3 aliphatic rings. The van der Waals surface area contributed by atoms with Gasteiger partial charge in [0.05, 0.1) is 24.1 Å². The Bertz CT molecular complexity index is 1870. The predicted octanol–water partition coefficient (Wildman–Crippen LogP) is 6.28. The number of benzene rings is 2. The number of halogens is 3. The summed E-state index contributed by atoms with van der Waals surface area (Å²) in [5.74, 6) is 0.384. The SMILES string of the molecule is C[C@@H](C#N)CNc1cc(-c2ccccc2-c2nncn2C)cc(N2Cc3c(cc(CN4CCC5(CC5)C4)cc3C(F)(F)F)C2=O)n1. The molecule has 2 aliphatic heterocycles. The number of rotatable bonds is 8. The van der Waals surface area contributed by atoms with Gasteiger partial charge < -0.3 is 9.88 Å². The molecule has 1 aliphatic carbocycles. The quantitative estimate of drug-likeness (QED) is 0.246. The predicted molar refractivity (Wildman–Crippen MR) is 166 cm³/mol. The molecule has 0 unspecified atom stereocenters. The van der Waals surface area contributed by atoms with Gasteiger partial charge in [0.2, 0.25) is 0 Å². The highest BCUT2D eigenvalue weighted by molar-refractivity contribution is 6.10. The van der Waals surface area contributed by atoms with Crippen molar-refractivity contribution in [1.82, 2.24) is 24.6 Å². The molecule has 1 amide bonds. The third-order valence-corrected chi connectivity index (χ3v) is 9.38. The fourth-order valence-electron chi connectivity index (χ4n) is 6.66. The van der Waals surface area contributed by atoms with Crippen molar-refractivity contribution < 1.29 is 18.0 Å². The average molecular weight is 627 g/mol. The molecule has 1 atom stereocenters. The summed E-state index contributed by atoms with van der Waals surface area (Å²) < 4.78 is 45.3. The van der Waals surface area contributed by atoms with Gasteiger partial charge >= 0.3 is 6.18 Å². The van der Waals surface area contributed by atoms with Gasteiger partial charge in [0.25, 0.3) is 5.91 Å². The van der Waals surface area contributed by atoms with Crippen LogP contribution in [0.5, 0.6) is 0 Å². The molecule has 236 valence electrons. The van der Waals surface area contributed by atoms with E-state index in [9.17, 15) is 23.2 Å². The molecule has 4 heterocycles. The average Bonchev–Trinajstić information content (AvgIpc) is 3.29. The molecule has 1 spiro atoms. The molecule has 12 heteroatoms. The molecule has 1 saturated carbocycles. The first kappa shape index (κ1) is 29.9. The Morgan fingerprint density at radius 2 is 1.87 bits per heavy atom.